The highest BCUT2D eigenvalue weighted by atomic mass is 35.5. The summed E-state index contributed by atoms with van der Waals surface area (Å²) < 4.78 is 26.4. The van der Waals surface area contributed by atoms with Gasteiger partial charge in [0.1, 0.15) is 0 Å². The molecule has 130 valence electrons. The topological polar surface area (TPSA) is 66.5 Å². The molecular weight excluding hydrogens is 336 g/mol. The molecular formula is C16H25ClN2O3S. The molecule has 0 atom stereocenters. The van der Waals surface area contributed by atoms with Gasteiger partial charge in [-0.2, -0.15) is 4.31 Å². The number of carbonyl (C=O) groups is 1. The maximum absolute atomic E-state index is 12.5. The smallest absolute Gasteiger partial charge is 0.252 e. The average molecular weight is 361 g/mol. The lowest BCUT2D eigenvalue weighted by atomic mass is 10.1. The fraction of sp³-hybridized carbons (Fsp3) is 0.562. The predicted molar refractivity (Wildman–Crippen MR) is 93.3 cm³/mol. The van der Waals surface area contributed by atoms with Crippen molar-refractivity contribution in [3.05, 3.63) is 28.8 Å². The Kier molecular flexibility index (Phi) is 7.51. The van der Waals surface area contributed by atoms with Crippen LogP contribution in [-0.4, -0.2) is 38.3 Å². The van der Waals surface area contributed by atoms with E-state index in [1.54, 1.807) is 13.8 Å². The Balaban J connectivity index is 3.06. The SMILES string of the molecule is CCN(CC)S(=O)(=O)c1ccc(Cl)c(C(=O)NCCC(C)C)c1. The molecule has 1 aromatic carbocycles. The van der Waals surface area contributed by atoms with Crippen molar-refractivity contribution < 1.29 is 13.2 Å². The van der Waals surface area contributed by atoms with Crippen LogP contribution in [0.2, 0.25) is 5.02 Å². The number of rotatable bonds is 8. The number of nitrogens with zero attached hydrogens (tertiary/aromatic N) is 1. The lowest BCUT2D eigenvalue weighted by Crippen LogP contribution is -2.31. The van der Waals surface area contributed by atoms with Crippen LogP contribution in [0.25, 0.3) is 0 Å². The summed E-state index contributed by atoms with van der Waals surface area (Å²) in [7, 11) is -3.61. The predicted octanol–water partition coefficient (Wildman–Crippen LogP) is 3.15. The standard InChI is InChI=1S/C16H25ClN2O3S/c1-5-19(6-2)23(21,22)13-7-8-15(17)14(11-13)16(20)18-10-9-12(3)4/h7-8,11-12H,5-6,9-10H2,1-4H3,(H,18,20). The maximum atomic E-state index is 12.5. The maximum Gasteiger partial charge on any atom is 0.252 e. The van der Waals surface area contributed by atoms with Crippen LogP contribution >= 0.6 is 11.6 Å². The zero-order valence-electron chi connectivity index (χ0n) is 14.1. The molecule has 0 aliphatic rings. The number of hydrogen-bond donors (Lipinski definition) is 1. The monoisotopic (exact) mass is 360 g/mol. The average Bonchev–Trinajstić information content (AvgIpc) is 2.47. The molecule has 0 radical (unpaired) electrons. The van der Waals surface area contributed by atoms with Gasteiger partial charge < -0.3 is 5.32 Å². The van der Waals surface area contributed by atoms with Crippen LogP contribution in [0.5, 0.6) is 0 Å². The fourth-order valence-corrected chi connectivity index (χ4v) is 3.81. The van der Waals surface area contributed by atoms with Crippen LogP contribution in [0.15, 0.2) is 23.1 Å². The molecule has 0 fully saturated rings. The van der Waals surface area contributed by atoms with Gasteiger partial charge in [-0.3, -0.25) is 4.79 Å². The van der Waals surface area contributed by atoms with Crippen LogP contribution in [0.4, 0.5) is 0 Å². The van der Waals surface area contributed by atoms with Crippen molar-refractivity contribution in [1.29, 1.82) is 0 Å². The Hall–Kier alpha value is -1.11. The normalized spacial score (nSPS) is 12.0. The van der Waals surface area contributed by atoms with Gasteiger partial charge in [-0.25, -0.2) is 8.42 Å². The van der Waals surface area contributed by atoms with Crippen molar-refractivity contribution in [2.75, 3.05) is 19.6 Å². The van der Waals surface area contributed by atoms with E-state index in [2.05, 4.69) is 19.2 Å². The van der Waals surface area contributed by atoms with Crippen molar-refractivity contribution in [3.8, 4) is 0 Å². The van der Waals surface area contributed by atoms with Crippen LogP contribution in [0, 0.1) is 5.92 Å². The number of hydrogen-bond acceptors (Lipinski definition) is 3. The van der Waals surface area contributed by atoms with Gasteiger partial charge in [-0.1, -0.05) is 39.3 Å². The molecule has 0 heterocycles. The molecule has 1 aromatic rings. The molecule has 0 aromatic heterocycles. The van der Waals surface area contributed by atoms with E-state index < -0.39 is 10.0 Å². The van der Waals surface area contributed by atoms with Crippen molar-refractivity contribution in [1.82, 2.24) is 9.62 Å². The molecule has 1 amide bonds. The second-order valence-corrected chi connectivity index (χ2v) is 8.01. The second kappa shape index (κ2) is 8.66. The number of carbonyl (C=O) groups excluding carboxylic acids is 1. The minimum absolute atomic E-state index is 0.0830. The molecule has 0 unspecified atom stereocenters. The summed E-state index contributed by atoms with van der Waals surface area (Å²) >= 11 is 6.06. The molecule has 1 N–H and O–H groups in total. The Labute approximate surface area is 144 Å². The lowest BCUT2D eigenvalue weighted by molar-refractivity contribution is 0.0952. The van der Waals surface area contributed by atoms with Gasteiger partial charge in [0.25, 0.3) is 5.91 Å². The van der Waals surface area contributed by atoms with Crippen LogP contribution < -0.4 is 5.32 Å². The van der Waals surface area contributed by atoms with E-state index >= 15 is 0 Å². The van der Waals surface area contributed by atoms with Crippen molar-refractivity contribution >= 4 is 27.5 Å². The highest BCUT2D eigenvalue weighted by Crippen LogP contribution is 2.23. The minimum atomic E-state index is -3.61. The van der Waals surface area contributed by atoms with E-state index in [9.17, 15) is 13.2 Å². The zero-order chi connectivity index (χ0) is 17.6. The van der Waals surface area contributed by atoms with Crippen LogP contribution in [-0.2, 0) is 10.0 Å². The first-order chi connectivity index (χ1) is 10.7. The van der Waals surface area contributed by atoms with E-state index in [1.165, 1.54) is 22.5 Å². The Morgan fingerprint density at radius 1 is 1.26 bits per heavy atom. The Morgan fingerprint density at radius 3 is 2.39 bits per heavy atom. The first-order valence-electron chi connectivity index (χ1n) is 7.81. The molecule has 7 heteroatoms. The summed E-state index contributed by atoms with van der Waals surface area (Å²) in [4.78, 5) is 12.3. The van der Waals surface area contributed by atoms with E-state index in [4.69, 9.17) is 11.6 Å². The number of benzene rings is 1. The first kappa shape index (κ1) is 19.9. The molecule has 1 rings (SSSR count). The van der Waals surface area contributed by atoms with E-state index in [-0.39, 0.29) is 21.4 Å². The summed E-state index contributed by atoms with van der Waals surface area (Å²) in [6.07, 6.45) is 0.848. The van der Waals surface area contributed by atoms with Gasteiger partial charge in [-0.15, -0.1) is 0 Å². The van der Waals surface area contributed by atoms with Crippen molar-refractivity contribution in [2.24, 2.45) is 5.92 Å². The molecule has 0 bridgehead atoms. The Morgan fingerprint density at radius 2 is 1.87 bits per heavy atom. The van der Waals surface area contributed by atoms with Crippen LogP contribution in [0.1, 0.15) is 44.5 Å². The van der Waals surface area contributed by atoms with Gasteiger partial charge in [0.15, 0.2) is 0 Å². The highest BCUT2D eigenvalue weighted by Gasteiger charge is 2.23. The third kappa shape index (κ3) is 5.19. The van der Waals surface area contributed by atoms with Gasteiger partial charge >= 0.3 is 0 Å². The van der Waals surface area contributed by atoms with E-state index in [1.807, 2.05) is 0 Å². The summed E-state index contributed by atoms with van der Waals surface area (Å²) in [6.45, 7) is 8.95. The van der Waals surface area contributed by atoms with Crippen LogP contribution in [0.3, 0.4) is 0 Å². The Bertz CT molecular complexity index is 641. The highest BCUT2D eigenvalue weighted by molar-refractivity contribution is 7.89. The van der Waals surface area contributed by atoms with Crippen molar-refractivity contribution in [3.63, 3.8) is 0 Å². The quantitative estimate of drug-likeness (QED) is 0.774. The lowest BCUT2D eigenvalue weighted by Gasteiger charge is -2.19. The largest absolute Gasteiger partial charge is 0.352 e. The van der Waals surface area contributed by atoms with E-state index in [0.717, 1.165) is 6.42 Å². The molecule has 5 nitrogen and oxygen atoms in total. The molecule has 0 aliphatic heterocycles. The fourth-order valence-electron chi connectivity index (χ4n) is 2.12. The first-order valence-corrected chi connectivity index (χ1v) is 9.63. The molecule has 0 aliphatic carbocycles. The van der Waals surface area contributed by atoms with Crippen molar-refractivity contribution in [2.45, 2.75) is 39.0 Å². The summed E-state index contributed by atoms with van der Waals surface area (Å²) in [5.41, 5.74) is 0.184. The second-order valence-electron chi connectivity index (χ2n) is 5.67. The van der Waals surface area contributed by atoms with Gasteiger partial charge in [-0.05, 0) is 30.5 Å². The third-order valence-corrected chi connectivity index (χ3v) is 5.91. The summed E-state index contributed by atoms with van der Waals surface area (Å²) in [5.74, 6) is 0.118. The molecule has 0 saturated heterocycles. The molecule has 0 saturated carbocycles. The zero-order valence-corrected chi connectivity index (χ0v) is 15.7. The summed E-state index contributed by atoms with van der Waals surface area (Å²) in [6, 6.07) is 4.23. The van der Waals surface area contributed by atoms with Gasteiger partial charge in [0, 0.05) is 19.6 Å². The number of amides is 1. The molecule has 23 heavy (non-hydrogen) atoms. The third-order valence-electron chi connectivity index (χ3n) is 3.53. The number of sulfonamides is 1. The minimum Gasteiger partial charge on any atom is -0.352 e. The van der Waals surface area contributed by atoms with E-state index in [0.29, 0.717) is 25.6 Å². The van der Waals surface area contributed by atoms with Gasteiger partial charge in [0.05, 0.1) is 15.5 Å². The molecule has 0 spiro atoms. The number of nitrogens with one attached hydrogen (secondary N) is 1. The van der Waals surface area contributed by atoms with Gasteiger partial charge in [0.2, 0.25) is 10.0 Å². The number of halogens is 1. The summed E-state index contributed by atoms with van der Waals surface area (Å²) in [5, 5.41) is 3.02.